The van der Waals surface area contributed by atoms with Gasteiger partial charge in [0.2, 0.25) is 0 Å². The Morgan fingerprint density at radius 2 is 1.72 bits per heavy atom. The number of rotatable bonds is 6. The predicted molar refractivity (Wildman–Crippen MR) is 54.5 cm³/mol. The third-order valence-corrected chi connectivity index (χ3v) is 3.05. The van der Waals surface area contributed by atoms with E-state index in [1.807, 2.05) is 0 Å². The summed E-state index contributed by atoms with van der Waals surface area (Å²) >= 11 is 0. The number of hydrogen-bond acceptors (Lipinski definition) is 4. The number of ether oxygens (including phenoxy) is 1. The molecule has 0 fully saturated rings. The van der Waals surface area contributed by atoms with Crippen molar-refractivity contribution in [2.45, 2.75) is 4.90 Å². The summed E-state index contributed by atoms with van der Waals surface area (Å²) in [5.74, 6) is -4.31. The van der Waals surface area contributed by atoms with Gasteiger partial charge in [-0.3, -0.25) is 4.84 Å². The molecule has 0 saturated carbocycles. The third kappa shape index (κ3) is 3.67. The van der Waals surface area contributed by atoms with Crippen molar-refractivity contribution in [1.29, 1.82) is 0 Å². The molecular formula is C9H10F3NO4S. The van der Waals surface area contributed by atoms with Gasteiger partial charge in [-0.15, -0.1) is 0 Å². The molecule has 0 saturated heterocycles. The first kappa shape index (κ1) is 14.9. The van der Waals surface area contributed by atoms with Crippen LogP contribution in [-0.4, -0.2) is 28.7 Å². The van der Waals surface area contributed by atoms with Crippen molar-refractivity contribution in [2.24, 2.45) is 0 Å². The first-order valence-electron chi connectivity index (χ1n) is 4.65. The molecule has 5 nitrogen and oxygen atoms in total. The zero-order chi connectivity index (χ0) is 13.8. The minimum atomic E-state index is -4.56. The molecule has 0 aromatic heterocycles. The Hall–Kier alpha value is -1.16. The Morgan fingerprint density at radius 3 is 2.22 bits per heavy atom. The average Bonchev–Trinajstić information content (AvgIpc) is 2.22. The molecule has 1 aromatic rings. The van der Waals surface area contributed by atoms with Crippen molar-refractivity contribution in [2.75, 3.05) is 20.3 Å². The largest absolute Gasteiger partial charge is 0.382 e. The highest BCUT2D eigenvalue weighted by Crippen LogP contribution is 2.19. The number of halogens is 3. The summed E-state index contributed by atoms with van der Waals surface area (Å²) in [6, 6.07) is 0.513. The third-order valence-electron chi connectivity index (χ3n) is 1.79. The summed E-state index contributed by atoms with van der Waals surface area (Å²) in [5.41, 5.74) is 0. The van der Waals surface area contributed by atoms with Gasteiger partial charge in [0.25, 0.3) is 10.0 Å². The molecule has 0 spiro atoms. The topological polar surface area (TPSA) is 64.6 Å². The van der Waals surface area contributed by atoms with Crippen LogP contribution in [-0.2, 0) is 19.6 Å². The van der Waals surface area contributed by atoms with Crippen molar-refractivity contribution < 1.29 is 31.2 Å². The van der Waals surface area contributed by atoms with Gasteiger partial charge in [-0.2, -0.15) is 0 Å². The summed E-state index contributed by atoms with van der Waals surface area (Å²) in [6.07, 6.45) is 0. The van der Waals surface area contributed by atoms with Gasteiger partial charge in [0.05, 0.1) is 13.2 Å². The molecule has 0 atom stereocenters. The maximum absolute atomic E-state index is 13.2. The SMILES string of the molecule is COCCONS(=O)(=O)c1c(F)cc(F)cc1F. The quantitative estimate of drug-likeness (QED) is 0.624. The van der Waals surface area contributed by atoms with Gasteiger partial charge in [-0.05, 0) is 0 Å². The average molecular weight is 285 g/mol. The lowest BCUT2D eigenvalue weighted by Crippen LogP contribution is -2.27. The van der Waals surface area contributed by atoms with Crippen LogP contribution in [0.15, 0.2) is 17.0 Å². The second-order valence-corrected chi connectivity index (χ2v) is 4.71. The minimum absolute atomic E-state index is 0.0803. The number of benzene rings is 1. The second kappa shape index (κ2) is 6.14. The fraction of sp³-hybridized carbons (Fsp3) is 0.333. The normalized spacial score (nSPS) is 11.8. The molecule has 0 heterocycles. The molecule has 0 aliphatic carbocycles. The molecule has 1 rings (SSSR count). The molecule has 0 radical (unpaired) electrons. The maximum atomic E-state index is 13.2. The first-order valence-corrected chi connectivity index (χ1v) is 6.14. The van der Waals surface area contributed by atoms with Crippen LogP contribution in [0.2, 0.25) is 0 Å². The van der Waals surface area contributed by atoms with E-state index in [1.54, 1.807) is 0 Å². The zero-order valence-electron chi connectivity index (χ0n) is 9.24. The van der Waals surface area contributed by atoms with Crippen LogP contribution >= 0.6 is 0 Å². The molecule has 0 bridgehead atoms. The lowest BCUT2D eigenvalue weighted by molar-refractivity contribution is 0.0436. The van der Waals surface area contributed by atoms with Gasteiger partial charge < -0.3 is 4.74 Å². The zero-order valence-corrected chi connectivity index (χ0v) is 10.1. The molecule has 1 aromatic carbocycles. The maximum Gasteiger partial charge on any atom is 0.268 e. The predicted octanol–water partition coefficient (Wildman–Crippen LogP) is 0.960. The van der Waals surface area contributed by atoms with Crippen molar-refractivity contribution >= 4 is 10.0 Å². The van der Waals surface area contributed by atoms with Crippen LogP contribution < -0.4 is 4.89 Å². The Bertz CT molecular complexity index is 498. The molecule has 0 aliphatic heterocycles. The Labute approximate surface area is 102 Å². The molecule has 0 amide bonds. The van der Waals surface area contributed by atoms with E-state index < -0.39 is 32.4 Å². The summed E-state index contributed by atoms with van der Waals surface area (Å²) in [6.45, 7) is -0.0724. The number of nitrogens with one attached hydrogen (secondary N) is 1. The van der Waals surface area contributed by atoms with Crippen molar-refractivity contribution in [3.8, 4) is 0 Å². The smallest absolute Gasteiger partial charge is 0.268 e. The summed E-state index contributed by atoms with van der Waals surface area (Å²) in [7, 11) is -3.20. The molecular weight excluding hydrogens is 275 g/mol. The highest BCUT2D eigenvalue weighted by atomic mass is 32.2. The van der Waals surface area contributed by atoms with Gasteiger partial charge in [0.1, 0.15) is 17.5 Å². The standard InChI is InChI=1S/C9H10F3NO4S/c1-16-2-3-17-13-18(14,15)9-7(11)4-6(10)5-8(9)12/h4-5,13H,2-3H2,1H3. The van der Waals surface area contributed by atoms with E-state index in [9.17, 15) is 21.6 Å². The van der Waals surface area contributed by atoms with Gasteiger partial charge in [-0.25, -0.2) is 21.6 Å². The molecule has 9 heteroatoms. The fourth-order valence-corrected chi connectivity index (χ4v) is 2.02. The molecule has 1 N–H and O–H groups in total. The minimum Gasteiger partial charge on any atom is -0.382 e. The van der Waals surface area contributed by atoms with Gasteiger partial charge in [0, 0.05) is 19.2 Å². The van der Waals surface area contributed by atoms with Crippen LogP contribution in [0.25, 0.3) is 0 Å². The van der Waals surface area contributed by atoms with Crippen LogP contribution in [0.1, 0.15) is 0 Å². The lowest BCUT2D eigenvalue weighted by atomic mass is 10.3. The van der Waals surface area contributed by atoms with E-state index in [2.05, 4.69) is 9.57 Å². The van der Waals surface area contributed by atoms with Crippen molar-refractivity contribution in [1.82, 2.24) is 4.89 Å². The van der Waals surface area contributed by atoms with Crippen molar-refractivity contribution in [3.63, 3.8) is 0 Å². The highest BCUT2D eigenvalue weighted by molar-refractivity contribution is 7.89. The molecule has 0 aliphatic rings. The Morgan fingerprint density at radius 1 is 1.17 bits per heavy atom. The summed E-state index contributed by atoms with van der Waals surface area (Å²) in [5, 5.41) is 0. The second-order valence-electron chi connectivity index (χ2n) is 3.13. The number of hydrogen-bond donors (Lipinski definition) is 1. The van der Waals surface area contributed by atoms with E-state index in [1.165, 1.54) is 12.0 Å². The molecule has 102 valence electrons. The summed E-state index contributed by atoms with van der Waals surface area (Å²) < 4.78 is 66.5. The van der Waals surface area contributed by atoms with E-state index in [4.69, 9.17) is 0 Å². The van der Waals surface area contributed by atoms with Crippen LogP contribution in [0.3, 0.4) is 0 Å². The fourth-order valence-electron chi connectivity index (χ4n) is 1.07. The number of methoxy groups -OCH3 is 1. The van der Waals surface area contributed by atoms with Crippen molar-refractivity contribution in [3.05, 3.63) is 29.6 Å². The first-order chi connectivity index (χ1) is 8.38. The monoisotopic (exact) mass is 285 g/mol. The lowest BCUT2D eigenvalue weighted by Gasteiger charge is -2.08. The van der Waals surface area contributed by atoms with Crippen LogP contribution in [0.5, 0.6) is 0 Å². The van der Waals surface area contributed by atoms with Gasteiger partial charge >= 0.3 is 0 Å². The highest BCUT2D eigenvalue weighted by Gasteiger charge is 2.25. The van der Waals surface area contributed by atoms with Gasteiger partial charge in [0.15, 0.2) is 4.90 Å². The van der Waals surface area contributed by atoms with Crippen LogP contribution in [0, 0.1) is 17.5 Å². The van der Waals surface area contributed by atoms with E-state index in [0.29, 0.717) is 0 Å². The van der Waals surface area contributed by atoms with E-state index in [0.717, 1.165) is 0 Å². The van der Waals surface area contributed by atoms with E-state index in [-0.39, 0.29) is 25.3 Å². The number of sulfonamides is 1. The van der Waals surface area contributed by atoms with Gasteiger partial charge in [-0.1, -0.05) is 4.89 Å². The molecule has 18 heavy (non-hydrogen) atoms. The summed E-state index contributed by atoms with van der Waals surface area (Å²) in [4.78, 5) is 4.64. The Balaban J connectivity index is 2.92. The van der Waals surface area contributed by atoms with Crippen LogP contribution in [0.4, 0.5) is 13.2 Å². The molecule has 0 unspecified atom stereocenters. The Kier molecular flexibility index (Phi) is 5.08. The van der Waals surface area contributed by atoms with E-state index >= 15 is 0 Å².